The van der Waals surface area contributed by atoms with E-state index in [0.717, 1.165) is 5.56 Å². The van der Waals surface area contributed by atoms with Gasteiger partial charge in [0.1, 0.15) is 6.04 Å². The highest BCUT2D eigenvalue weighted by molar-refractivity contribution is 5.76. The highest BCUT2D eigenvalue weighted by Gasteiger charge is 2.10. The van der Waals surface area contributed by atoms with Crippen molar-refractivity contribution in [2.24, 2.45) is 0 Å². The summed E-state index contributed by atoms with van der Waals surface area (Å²) in [6.45, 7) is 2.93. The molecule has 1 N–H and O–H groups in total. The summed E-state index contributed by atoms with van der Waals surface area (Å²) < 4.78 is 10.2. The van der Waals surface area contributed by atoms with Gasteiger partial charge in [-0.1, -0.05) is 6.07 Å². The lowest BCUT2D eigenvalue weighted by atomic mass is 10.1. The lowest BCUT2D eigenvalue weighted by Crippen LogP contribution is -2.31. The number of rotatable bonds is 6. The average molecular weight is 290 g/mol. The number of ether oxygens (including phenoxy) is 2. The van der Waals surface area contributed by atoms with E-state index in [4.69, 9.17) is 14.7 Å². The van der Waals surface area contributed by atoms with Gasteiger partial charge < -0.3 is 14.8 Å². The molecule has 0 saturated carbocycles. The molecule has 6 nitrogen and oxygen atoms in total. The second-order valence-electron chi connectivity index (χ2n) is 4.50. The molecule has 0 aliphatic carbocycles. The molecule has 0 fully saturated rings. The molecular weight excluding hydrogens is 272 g/mol. The number of methoxy groups -OCH3 is 1. The molecule has 0 aromatic heterocycles. The molecule has 0 aliphatic rings. The Bertz CT molecular complexity index is 563. The van der Waals surface area contributed by atoms with Crippen LogP contribution in [0.5, 0.6) is 11.5 Å². The van der Waals surface area contributed by atoms with Crippen LogP contribution in [0.1, 0.15) is 25.8 Å². The zero-order valence-electron chi connectivity index (χ0n) is 12.3. The molecule has 0 heterocycles. The van der Waals surface area contributed by atoms with Crippen molar-refractivity contribution in [3.05, 3.63) is 23.8 Å². The third-order valence-corrected chi connectivity index (χ3v) is 2.69. The van der Waals surface area contributed by atoms with Gasteiger partial charge in [0.25, 0.3) is 0 Å². The first-order valence-electron chi connectivity index (χ1n) is 6.50. The maximum Gasteiger partial charge on any atom is 0.308 e. The quantitative estimate of drug-likeness (QED) is 0.634. The number of hydrogen-bond acceptors (Lipinski definition) is 5. The van der Waals surface area contributed by atoms with Gasteiger partial charge in [0, 0.05) is 13.3 Å². The van der Waals surface area contributed by atoms with Crippen molar-refractivity contribution in [3.63, 3.8) is 0 Å². The summed E-state index contributed by atoms with van der Waals surface area (Å²) in [6.07, 6.45) is 0.767. The SMILES string of the molecule is COc1cc(CCC(=O)NC(C)C#N)ccc1OC(C)=O. The van der Waals surface area contributed by atoms with E-state index in [9.17, 15) is 9.59 Å². The first-order valence-corrected chi connectivity index (χ1v) is 6.50. The first-order chi connectivity index (χ1) is 9.96. The largest absolute Gasteiger partial charge is 0.493 e. The van der Waals surface area contributed by atoms with Crippen molar-refractivity contribution in [2.45, 2.75) is 32.7 Å². The summed E-state index contributed by atoms with van der Waals surface area (Å²) in [4.78, 5) is 22.5. The fourth-order valence-electron chi connectivity index (χ4n) is 1.71. The Morgan fingerprint density at radius 3 is 2.67 bits per heavy atom. The predicted molar refractivity (Wildman–Crippen MR) is 75.8 cm³/mol. The number of esters is 1. The van der Waals surface area contributed by atoms with Crippen LogP contribution in [0.2, 0.25) is 0 Å². The highest BCUT2D eigenvalue weighted by atomic mass is 16.6. The van der Waals surface area contributed by atoms with Gasteiger partial charge in [-0.25, -0.2) is 0 Å². The molecule has 0 spiro atoms. The third-order valence-electron chi connectivity index (χ3n) is 2.69. The van der Waals surface area contributed by atoms with Crippen LogP contribution >= 0.6 is 0 Å². The Morgan fingerprint density at radius 1 is 1.38 bits per heavy atom. The minimum absolute atomic E-state index is 0.188. The van der Waals surface area contributed by atoms with Crippen molar-refractivity contribution >= 4 is 11.9 Å². The number of amides is 1. The fourth-order valence-corrected chi connectivity index (χ4v) is 1.71. The molecule has 0 saturated heterocycles. The monoisotopic (exact) mass is 290 g/mol. The maximum atomic E-state index is 11.6. The lowest BCUT2D eigenvalue weighted by molar-refractivity contribution is -0.132. The summed E-state index contributed by atoms with van der Waals surface area (Å²) in [5.74, 6) is 0.169. The third kappa shape index (κ3) is 5.53. The molecule has 21 heavy (non-hydrogen) atoms. The van der Waals surface area contributed by atoms with E-state index in [1.54, 1.807) is 25.1 Å². The van der Waals surface area contributed by atoms with Gasteiger partial charge in [0.2, 0.25) is 5.91 Å². The summed E-state index contributed by atoms with van der Waals surface area (Å²) in [5.41, 5.74) is 0.877. The topological polar surface area (TPSA) is 88.4 Å². The minimum Gasteiger partial charge on any atom is -0.493 e. The summed E-state index contributed by atoms with van der Waals surface area (Å²) in [7, 11) is 1.48. The second kappa shape index (κ2) is 7.90. The molecule has 1 rings (SSSR count). The van der Waals surface area contributed by atoms with Gasteiger partial charge in [-0.15, -0.1) is 0 Å². The van der Waals surface area contributed by atoms with E-state index < -0.39 is 12.0 Å². The van der Waals surface area contributed by atoms with E-state index in [2.05, 4.69) is 5.32 Å². The van der Waals surface area contributed by atoms with E-state index in [1.807, 2.05) is 6.07 Å². The molecule has 1 aromatic carbocycles. The Balaban J connectivity index is 2.66. The predicted octanol–water partition coefficient (Wildman–Crippen LogP) is 1.58. The van der Waals surface area contributed by atoms with Gasteiger partial charge >= 0.3 is 5.97 Å². The second-order valence-corrected chi connectivity index (χ2v) is 4.50. The van der Waals surface area contributed by atoms with Crippen LogP contribution in [-0.4, -0.2) is 25.0 Å². The van der Waals surface area contributed by atoms with E-state index >= 15 is 0 Å². The van der Waals surface area contributed by atoms with Crippen LogP contribution in [0.25, 0.3) is 0 Å². The zero-order chi connectivity index (χ0) is 15.8. The number of nitrogens with zero attached hydrogens (tertiary/aromatic N) is 1. The Labute approximate surface area is 123 Å². The normalized spacial score (nSPS) is 11.1. The molecule has 1 aromatic rings. The molecule has 112 valence electrons. The summed E-state index contributed by atoms with van der Waals surface area (Å²) in [5, 5.41) is 11.2. The van der Waals surface area contributed by atoms with Crippen molar-refractivity contribution < 1.29 is 19.1 Å². The molecule has 0 bridgehead atoms. The zero-order valence-corrected chi connectivity index (χ0v) is 12.3. The Hall–Kier alpha value is -2.55. The summed E-state index contributed by atoms with van der Waals surface area (Å²) >= 11 is 0. The van der Waals surface area contributed by atoms with Gasteiger partial charge in [0.15, 0.2) is 11.5 Å². The van der Waals surface area contributed by atoms with Crippen molar-refractivity contribution in [2.75, 3.05) is 7.11 Å². The van der Waals surface area contributed by atoms with Crippen molar-refractivity contribution in [1.29, 1.82) is 5.26 Å². The maximum absolute atomic E-state index is 11.6. The lowest BCUT2D eigenvalue weighted by Gasteiger charge is -2.10. The Morgan fingerprint density at radius 2 is 2.10 bits per heavy atom. The van der Waals surface area contributed by atoms with Crippen LogP contribution in [-0.2, 0) is 16.0 Å². The molecule has 0 aliphatic heterocycles. The number of aryl methyl sites for hydroxylation is 1. The van der Waals surface area contributed by atoms with E-state index in [1.165, 1.54) is 14.0 Å². The first kappa shape index (κ1) is 16.5. The molecular formula is C15H18N2O4. The molecule has 1 atom stereocenters. The number of benzene rings is 1. The molecule has 0 radical (unpaired) electrons. The standard InChI is InChI=1S/C15H18N2O4/c1-10(9-16)17-15(19)7-5-12-4-6-13(21-11(2)18)14(8-12)20-3/h4,6,8,10H,5,7H2,1-3H3,(H,17,19). The number of carbonyl (C=O) groups is 2. The minimum atomic E-state index is -0.502. The van der Waals surface area contributed by atoms with Gasteiger partial charge in [0.05, 0.1) is 13.2 Å². The van der Waals surface area contributed by atoms with Crippen LogP contribution in [0, 0.1) is 11.3 Å². The Kier molecular flexibility index (Phi) is 6.21. The molecule has 1 unspecified atom stereocenters. The van der Waals surface area contributed by atoms with E-state index in [-0.39, 0.29) is 12.3 Å². The van der Waals surface area contributed by atoms with Crippen molar-refractivity contribution in [3.8, 4) is 17.6 Å². The average Bonchev–Trinajstić information content (AvgIpc) is 2.45. The van der Waals surface area contributed by atoms with Crippen molar-refractivity contribution in [1.82, 2.24) is 5.32 Å². The van der Waals surface area contributed by atoms with Gasteiger partial charge in [-0.3, -0.25) is 9.59 Å². The fraction of sp³-hybridized carbons (Fsp3) is 0.400. The van der Waals surface area contributed by atoms with Crippen LogP contribution < -0.4 is 14.8 Å². The number of carbonyl (C=O) groups excluding carboxylic acids is 2. The van der Waals surface area contributed by atoms with Crippen LogP contribution in [0.3, 0.4) is 0 Å². The van der Waals surface area contributed by atoms with Gasteiger partial charge in [-0.05, 0) is 31.0 Å². The highest BCUT2D eigenvalue weighted by Crippen LogP contribution is 2.28. The van der Waals surface area contributed by atoms with Crippen LogP contribution in [0.4, 0.5) is 0 Å². The van der Waals surface area contributed by atoms with Crippen LogP contribution in [0.15, 0.2) is 18.2 Å². The molecule has 6 heteroatoms. The number of hydrogen-bond donors (Lipinski definition) is 1. The van der Waals surface area contributed by atoms with Gasteiger partial charge in [-0.2, -0.15) is 5.26 Å². The number of nitrogens with one attached hydrogen (secondary N) is 1. The smallest absolute Gasteiger partial charge is 0.308 e. The number of nitriles is 1. The molecule has 1 amide bonds. The van der Waals surface area contributed by atoms with E-state index in [0.29, 0.717) is 17.9 Å². The summed E-state index contributed by atoms with van der Waals surface area (Å²) in [6, 6.07) is 6.55.